The monoisotopic (exact) mass is 149 g/mol. The average molecular weight is 149 g/mol. The van der Waals surface area contributed by atoms with E-state index in [0.29, 0.717) is 0 Å². The van der Waals surface area contributed by atoms with Gasteiger partial charge in [-0.1, -0.05) is 0 Å². The zero-order valence-electron chi connectivity index (χ0n) is 4.44. The topological polar surface area (TPSA) is 26.0 Å². The Morgan fingerprint density at radius 2 is 2.00 bits per heavy atom. The van der Waals surface area contributed by atoms with Gasteiger partial charge in [-0.2, -0.15) is 0 Å². The Hall–Kier alpha value is 0.518. The summed E-state index contributed by atoms with van der Waals surface area (Å²) in [7, 11) is 0. The summed E-state index contributed by atoms with van der Waals surface area (Å²) in [4.78, 5) is 0. The molecule has 0 heterocycles. The summed E-state index contributed by atoms with van der Waals surface area (Å²) in [5.41, 5.74) is 9.90. The van der Waals surface area contributed by atoms with Gasteiger partial charge >= 0.3 is 43.6 Å². The molecular weight excluding hydrogens is 137 g/mol. The second-order valence-corrected chi connectivity index (χ2v) is 7.06. The van der Waals surface area contributed by atoms with E-state index < -0.39 is 0 Å². The van der Waals surface area contributed by atoms with Crippen LogP contribution in [-0.2, 0) is 0 Å². The van der Waals surface area contributed by atoms with Crippen LogP contribution in [0.1, 0.15) is 0 Å². The molecule has 0 aromatic heterocycles. The van der Waals surface area contributed by atoms with Crippen LogP contribution in [0.25, 0.3) is 0 Å². The first-order valence-electron chi connectivity index (χ1n) is 2.12. The van der Waals surface area contributed by atoms with Crippen LogP contribution in [-0.4, -0.2) is 21.2 Å². The van der Waals surface area contributed by atoms with Crippen LogP contribution in [0.4, 0.5) is 0 Å². The summed E-state index contributed by atoms with van der Waals surface area (Å²) in [6, 6.07) is 0. The van der Waals surface area contributed by atoms with Crippen LogP contribution >= 0.6 is 0 Å². The van der Waals surface area contributed by atoms with Crippen molar-refractivity contribution in [1.29, 1.82) is 0 Å². The molecule has 0 aliphatic carbocycles. The van der Waals surface area contributed by atoms with E-state index in [1.165, 1.54) is 5.21 Å². The molecular formula is C4H12AsN. The fourth-order valence-electron chi connectivity index (χ4n) is 0.258. The SMILES string of the molecule is C[As](C)CCN. The fourth-order valence-corrected chi connectivity index (χ4v) is 1.34. The molecule has 0 unspecified atom stereocenters. The third-order valence-corrected chi connectivity index (χ3v) is 2.99. The maximum absolute atomic E-state index is 5.27. The maximum atomic E-state index is 5.27. The third-order valence-electron chi connectivity index (χ3n) is 0.576. The number of rotatable bonds is 2. The van der Waals surface area contributed by atoms with Gasteiger partial charge in [0, 0.05) is 0 Å². The van der Waals surface area contributed by atoms with E-state index in [1.54, 1.807) is 0 Å². The minimum absolute atomic E-state index is 0.349. The Labute approximate surface area is 44.2 Å². The van der Waals surface area contributed by atoms with Crippen LogP contribution in [0.3, 0.4) is 0 Å². The molecule has 0 atom stereocenters. The molecule has 0 fully saturated rings. The van der Waals surface area contributed by atoms with E-state index in [9.17, 15) is 0 Å². The van der Waals surface area contributed by atoms with Crippen molar-refractivity contribution in [2.75, 3.05) is 6.54 Å². The number of hydrogen-bond donors (Lipinski definition) is 1. The first kappa shape index (κ1) is 6.52. The van der Waals surface area contributed by atoms with Gasteiger partial charge in [-0.15, -0.1) is 0 Å². The van der Waals surface area contributed by atoms with Gasteiger partial charge in [-0.25, -0.2) is 0 Å². The Kier molecular flexibility index (Phi) is 4.02. The van der Waals surface area contributed by atoms with Gasteiger partial charge in [0.2, 0.25) is 0 Å². The van der Waals surface area contributed by atoms with Crippen LogP contribution in [0, 0.1) is 0 Å². The van der Waals surface area contributed by atoms with Crippen LogP contribution in [0.15, 0.2) is 0 Å². The van der Waals surface area contributed by atoms with Gasteiger partial charge in [0.25, 0.3) is 0 Å². The molecule has 0 rings (SSSR count). The van der Waals surface area contributed by atoms with E-state index in [-0.39, 0.29) is 14.7 Å². The third kappa shape index (κ3) is 4.52. The summed E-state index contributed by atoms with van der Waals surface area (Å²) >= 11 is -0.349. The molecule has 6 heavy (non-hydrogen) atoms. The molecule has 0 aromatic rings. The second-order valence-electron chi connectivity index (χ2n) is 1.59. The molecule has 0 aromatic carbocycles. The zero-order valence-corrected chi connectivity index (χ0v) is 6.32. The summed E-state index contributed by atoms with van der Waals surface area (Å²) in [5, 5.41) is 1.30. The van der Waals surface area contributed by atoms with Gasteiger partial charge in [-0.3, -0.25) is 0 Å². The minimum atomic E-state index is -0.349. The predicted molar refractivity (Wildman–Crippen MR) is 31.3 cm³/mol. The number of hydrogen-bond acceptors (Lipinski definition) is 1. The molecule has 0 saturated heterocycles. The molecule has 2 N–H and O–H groups in total. The zero-order chi connectivity index (χ0) is 4.99. The molecule has 0 bridgehead atoms. The predicted octanol–water partition coefficient (Wildman–Crippen LogP) is 0.700. The molecule has 2 heteroatoms. The molecule has 0 spiro atoms. The van der Waals surface area contributed by atoms with Gasteiger partial charge in [0.05, 0.1) is 0 Å². The van der Waals surface area contributed by atoms with Gasteiger partial charge in [-0.05, 0) is 0 Å². The first-order valence-corrected chi connectivity index (χ1v) is 7.20. The summed E-state index contributed by atoms with van der Waals surface area (Å²) in [5.74, 6) is 0. The quantitative estimate of drug-likeness (QED) is 0.574. The molecule has 0 amide bonds. The molecule has 0 saturated carbocycles. The van der Waals surface area contributed by atoms with Gasteiger partial charge < -0.3 is 0 Å². The van der Waals surface area contributed by atoms with E-state index >= 15 is 0 Å². The van der Waals surface area contributed by atoms with Crippen molar-refractivity contribution < 1.29 is 0 Å². The van der Waals surface area contributed by atoms with E-state index in [4.69, 9.17) is 5.73 Å². The van der Waals surface area contributed by atoms with Gasteiger partial charge in [0.15, 0.2) is 0 Å². The Bertz CT molecular complexity index is 28.7. The summed E-state index contributed by atoms with van der Waals surface area (Å²) in [6.45, 7) is 0.896. The Morgan fingerprint density at radius 3 is 2.00 bits per heavy atom. The van der Waals surface area contributed by atoms with Crippen molar-refractivity contribution in [1.82, 2.24) is 0 Å². The van der Waals surface area contributed by atoms with E-state index in [2.05, 4.69) is 11.4 Å². The summed E-state index contributed by atoms with van der Waals surface area (Å²) in [6.07, 6.45) is 0. The van der Waals surface area contributed by atoms with Crippen LogP contribution in [0.5, 0.6) is 0 Å². The molecule has 0 radical (unpaired) electrons. The van der Waals surface area contributed by atoms with E-state index in [1.807, 2.05) is 0 Å². The number of nitrogens with two attached hydrogens (primary N) is 1. The summed E-state index contributed by atoms with van der Waals surface area (Å²) < 4.78 is 0. The van der Waals surface area contributed by atoms with Crippen molar-refractivity contribution in [2.24, 2.45) is 5.73 Å². The van der Waals surface area contributed by atoms with Crippen LogP contribution in [0.2, 0.25) is 16.6 Å². The van der Waals surface area contributed by atoms with Crippen molar-refractivity contribution in [2.45, 2.75) is 16.6 Å². The second kappa shape index (κ2) is 3.70. The molecule has 0 aliphatic rings. The average Bonchev–Trinajstić information content (AvgIpc) is 1.35. The van der Waals surface area contributed by atoms with Crippen molar-refractivity contribution in [3.8, 4) is 0 Å². The first-order chi connectivity index (χ1) is 2.77. The molecule has 0 aliphatic heterocycles. The molecule has 1 nitrogen and oxygen atoms in total. The van der Waals surface area contributed by atoms with E-state index in [0.717, 1.165) is 6.54 Å². The van der Waals surface area contributed by atoms with Crippen molar-refractivity contribution >= 4 is 14.7 Å². The van der Waals surface area contributed by atoms with Crippen molar-refractivity contribution in [3.63, 3.8) is 0 Å². The fraction of sp³-hybridized carbons (Fsp3) is 1.00. The standard InChI is InChI=1S/C4H12AsN/c1-5(2)3-4-6/h3-4,6H2,1-2H3. The van der Waals surface area contributed by atoms with Crippen LogP contribution < -0.4 is 5.73 Å². The van der Waals surface area contributed by atoms with Gasteiger partial charge in [0.1, 0.15) is 0 Å². The Morgan fingerprint density at radius 1 is 1.50 bits per heavy atom. The Balaban J connectivity index is 2.63. The van der Waals surface area contributed by atoms with Crippen molar-refractivity contribution in [3.05, 3.63) is 0 Å². The normalized spacial score (nSPS) is 10.0. The molecule has 38 valence electrons.